The Hall–Kier alpha value is -1.43. The monoisotopic (exact) mass is 402 g/mol. The molecule has 1 aromatic rings. The van der Waals surface area contributed by atoms with E-state index < -0.39 is 5.72 Å². The molecule has 0 amide bonds. The first-order chi connectivity index (χ1) is 14.2. The minimum absolute atomic E-state index is 0.0455. The highest BCUT2D eigenvalue weighted by Gasteiger charge is 2.47. The number of ether oxygens (including phenoxy) is 2. The molecule has 162 valence electrons. The van der Waals surface area contributed by atoms with Gasteiger partial charge in [0.05, 0.1) is 19.8 Å². The van der Waals surface area contributed by atoms with Crippen molar-refractivity contribution >= 4 is 5.97 Å². The number of benzene rings is 1. The molecular weight excluding hydrogens is 364 g/mol. The number of nitrogens with one attached hydrogen (secondary N) is 1. The third kappa shape index (κ3) is 7.40. The van der Waals surface area contributed by atoms with Crippen molar-refractivity contribution in [3.8, 4) is 0 Å². The van der Waals surface area contributed by atoms with Crippen LogP contribution in [0.5, 0.6) is 0 Å². The molecule has 29 heavy (non-hydrogen) atoms. The van der Waals surface area contributed by atoms with Gasteiger partial charge < -0.3 is 9.47 Å². The first kappa shape index (κ1) is 22.3. The number of piperazine rings is 1. The minimum atomic E-state index is -0.484. The SMILES string of the molecule is CCCCCCCCC(=O)OC12CCC(CN(CCOCc3ccccc3)C1)N2. The Balaban J connectivity index is 1.35. The summed E-state index contributed by atoms with van der Waals surface area (Å²) in [5.41, 5.74) is 0.717. The second-order valence-electron chi connectivity index (χ2n) is 8.64. The van der Waals surface area contributed by atoms with Crippen LogP contribution in [-0.2, 0) is 20.9 Å². The van der Waals surface area contributed by atoms with Crippen molar-refractivity contribution in [2.75, 3.05) is 26.2 Å². The molecule has 3 rings (SSSR count). The van der Waals surface area contributed by atoms with Gasteiger partial charge in [-0.15, -0.1) is 0 Å². The normalized spacial score (nSPS) is 24.0. The fraction of sp³-hybridized carbons (Fsp3) is 0.708. The summed E-state index contributed by atoms with van der Waals surface area (Å²) in [4.78, 5) is 14.8. The van der Waals surface area contributed by atoms with Crippen LogP contribution in [0.3, 0.4) is 0 Å². The summed E-state index contributed by atoms with van der Waals surface area (Å²) in [7, 11) is 0. The summed E-state index contributed by atoms with van der Waals surface area (Å²) < 4.78 is 11.8. The highest BCUT2D eigenvalue weighted by Crippen LogP contribution is 2.31. The van der Waals surface area contributed by atoms with Crippen LogP contribution < -0.4 is 5.32 Å². The first-order valence-corrected chi connectivity index (χ1v) is 11.5. The summed E-state index contributed by atoms with van der Waals surface area (Å²) in [5.74, 6) is -0.0455. The minimum Gasteiger partial charge on any atom is -0.442 e. The van der Waals surface area contributed by atoms with E-state index in [9.17, 15) is 4.79 Å². The highest BCUT2D eigenvalue weighted by molar-refractivity contribution is 5.70. The van der Waals surface area contributed by atoms with Crippen LogP contribution in [0.15, 0.2) is 30.3 Å². The first-order valence-electron chi connectivity index (χ1n) is 11.5. The molecule has 2 aliphatic heterocycles. The molecule has 2 fully saturated rings. The topological polar surface area (TPSA) is 50.8 Å². The number of hydrogen-bond donors (Lipinski definition) is 1. The van der Waals surface area contributed by atoms with Gasteiger partial charge in [-0.2, -0.15) is 0 Å². The van der Waals surface area contributed by atoms with Gasteiger partial charge in [-0.3, -0.25) is 15.0 Å². The van der Waals surface area contributed by atoms with E-state index in [2.05, 4.69) is 29.3 Å². The number of unbranched alkanes of at least 4 members (excludes halogenated alkanes) is 5. The van der Waals surface area contributed by atoms with E-state index in [1.165, 1.54) is 31.2 Å². The molecule has 5 heteroatoms. The summed E-state index contributed by atoms with van der Waals surface area (Å²) in [5, 5.41) is 3.57. The van der Waals surface area contributed by atoms with Gasteiger partial charge in [0.15, 0.2) is 5.72 Å². The van der Waals surface area contributed by atoms with E-state index in [4.69, 9.17) is 9.47 Å². The van der Waals surface area contributed by atoms with Crippen molar-refractivity contribution in [3.05, 3.63) is 35.9 Å². The Morgan fingerprint density at radius 1 is 1.17 bits per heavy atom. The van der Waals surface area contributed by atoms with Crippen LogP contribution in [0, 0.1) is 0 Å². The maximum Gasteiger partial charge on any atom is 0.307 e. The molecule has 1 aromatic carbocycles. The van der Waals surface area contributed by atoms with E-state index in [1.807, 2.05) is 18.2 Å². The van der Waals surface area contributed by atoms with Crippen molar-refractivity contribution in [3.63, 3.8) is 0 Å². The molecule has 1 N–H and O–H groups in total. The Bertz CT molecular complexity index is 609. The molecule has 2 bridgehead atoms. The molecule has 2 heterocycles. The summed E-state index contributed by atoms with van der Waals surface area (Å²) >= 11 is 0. The molecule has 2 unspecified atom stereocenters. The molecular formula is C24H38N2O3. The van der Waals surface area contributed by atoms with Crippen molar-refractivity contribution in [1.29, 1.82) is 0 Å². The van der Waals surface area contributed by atoms with Crippen molar-refractivity contribution in [2.24, 2.45) is 0 Å². The lowest BCUT2D eigenvalue weighted by atomic mass is 10.1. The molecule has 2 saturated heterocycles. The fourth-order valence-electron chi connectivity index (χ4n) is 4.48. The van der Waals surface area contributed by atoms with Crippen molar-refractivity contribution < 1.29 is 14.3 Å². The average molecular weight is 403 g/mol. The standard InChI is InChI=1S/C24H38N2O3/c1-2-3-4-5-6-10-13-23(27)29-24-15-14-22(25-24)18-26(20-24)16-17-28-19-21-11-8-7-9-12-21/h7-9,11-12,22,25H,2-6,10,13-20H2,1H3. The van der Waals surface area contributed by atoms with Crippen molar-refractivity contribution in [1.82, 2.24) is 10.2 Å². The van der Waals surface area contributed by atoms with Crippen molar-refractivity contribution in [2.45, 2.75) is 83.1 Å². The van der Waals surface area contributed by atoms with Crippen LogP contribution in [0.25, 0.3) is 0 Å². The maximum absolute atomic E-state index is 12.4. The number of esters is 1. The lowest BCUT2D eigenvalue weighted by Gasteiger charge is -2.40. The molecule has 5 nitrogen and oxygen atoms in total. The molecule has 0 radical (unpaired) electrons. The molecule has 0 aromatic heterocycles. The van der Waals surface area contributed by atoms with Crippen LogP contribution in [0.4, 0.5) is 0 Å². The van der Waals surface area contributed by atoms with Crippen LogP contribution >= 0.6 is 0 Å². The van der Waals surface area contributed by atoms with E-state index >= 15 is 0 Å². The highest BCUT2D eigenvalue weighted by atomic mass is 16.6. The second kappa shape index (κ2) is 11.7. The maximum atomic E-state index is 12.4. The van der Waals surface area contributed by atoms with Crippen LogP contribution in [0.2, 0.25) is 0 Å². The van der Waals surface area contributed by atoms with E-state index in [1.54, 1.807) is 0 Å². The lowest BCUT2D eigenvalue weighted by Crippen LogP contribution is -2.61. The number of carbonyl (C=O) groups is 1. The third-order valence-electron chi connectivity index (χ3n) is 6.03. The Labute approximate surface area is 176 Å². The number of rotatable bonds is 13. The summed E-state index contributed by atoms with van der Waals surface area (Å²) in [6.07, 6.45) is 9.66. The largest absolute Gasteiger partial charge is 0.442 e. The predicted molar refractivity (Wildman–Crippen MR) is 116 cm³/mol. The van der Waals surface area contributed by atoms with Gasteiger partial charge in [-0.1, -0.05) is 69.4 Å². The number of fused-ring (bicyclic) bond motifs is 2. The van der Waals surface area contributed by atoms with Gasteiger partial charge >= 0.3 is 5.97 Å². The van der Waals surface area contributed by atoms with Gasteiger partial charge in [-0.05, 0) is 18.4 Å². The number of hydrogen-bond acceptors (Lipinski definition) is 5. The molecule has 0 spiro atoms. The van der Waals surface area contributed by atoms with Gasteiger partial charge in [0.2, 0.25) is 0 Å². The molecule has 2 aliphatic rings. The van der Waals surface area contributed by atoms with Gasteiger partial charge in [-0.25, -0.2) is 0 Å². The Kier molecular flexibility index (Phi) is 8.96. The van der Waals surface area contributed by atoms with E-state index in [0.29, 0.717) is 25.7 Å². The fourth-order valence-corrected chi connectivity index (χ4v) is 4.48. The van der Waals surface area contributed by atoms with Crippen LogP contribution in [0.1, 0.15) is 70.3 Å². The molecule has 0 aliphatic carbocycles. The number of carbonyl (C=O) groups excluding carboxylic acids is 1. The zero-order valence-electron chi connectivity index (χ0n) is 18.0. The third-order valence-corrected chi connectivity index (χ3v) is 6.03. The van der Waals surface area contributed by atoms with Gasteiger partial charge in [0, 0.05) is 32.0 Å². The van der Waals surface area contributed by atoms with Gasteiger partial charge in [0.1, 0.15) is 0 Å². The summed E-state index contributed by atoms with van der Waals surface area (Å²) in [6, 6.07) is 10.7. The lowest BCUT2D eigenvalue weighted by molar-refractivity contribution is -0.167. The molecule has 2 atom stereocenters. The summed E-state index contributed by atoms with van der Waals surface area (Å²) in [6.45, 7) is 6.22. The quantitative estimate of drug-likeness (QED) is 0.395. The number of nitrogens with zero attached hydrogens (tertiary/aromatic N) is 1. The second-order valence-corrected chi connectivity index (χ2v) is 8.64. The van der Waals surface area contributed by atoms with Crippen LogP contribution in [-0.4, -0.2) is 48.9 Å². The van der Waals surface area contributed by atoms with E-state index in [0.717, 1.165) is 45.3 Å². The predicted octanol–water partition coefficient (Wildman–Crippen LogP) is 4.26. The Morgan fingerprint density at radius 3 is 2.79 bits per heavy atom. The van der Waals surface area contributed by atoms with E-state index in [-0.39, 0.29) is 5.97 Å². The smallest absolute Gasteiger partial charge is 0.307 e. The zero-order chi connectivity index (χ0) is 20.4. The average Bonchev–Trinajstić information content (AvgIpc) is 3.02. The molecule has 0 saturated carbocycles. The zero-order valence-corrected chi connectivity index (χ0v) is 18.0. The number of likely N-dealkylation sites (tertiary alicyclic amines) is 1. The Morgan fingerprint density at radius 2 is 1.97 bits per heavy atom. The van der Waals surface area contributed by atoms with Gasteiger partial charge in [0.25, 0.3) is 0 Å².